The number of pyridine rings is 1. The van der Waals surface area contributed by atoms with Gasteiger partial charge in [0.25, 0.3) is 5.56 Å². The van der Waals surface area contributed by atoms with Crippen molar-refractivity contribution < 1.29 is 5.11 Å². The highest BCUT2D eigenvalue weighted by molar-refractivity contribution is 5.04. The Labute approximate surface area is 77.6 Å². The van der Waals surface area contributed by atoms with Crippen molar-refractivity contribution in [1.82, 2.24) is 4.57 Å². The molecular formula is C10H15NO2. The van der Waals surface area contributed by atoms with Gasteiger partial charge < -0.3 is 9.67 Å². The molecule has 0 radical (unpaired) electrons. The lowest BCUT2D eigenvalue weighted by atomic mass is 10.3. The Balaban J connectivity index is 2.70. The molecule has 0 saturated heterocycles. The van der Waals surface area contributed by atoms with Crippen molar-refractivity contribution in [2.24, 2.45) is 0 Å². The Morgan fingerprint density at radius 3 is 2.77 bits per heavy atom. The van der Waals surface area contributed by atoms with Crippen LogP contribution in [0.15, 0.2) is 23.0 Å². The topological polar surface area (TPSA) is 42.2 Å². The van der Waals surface area contributed by atoms with Gasteiger partial charge in [-0.3, -0.25) is 4.79 Å². The minimum Gasteiger partial charge on any atom is -0.396 e. The number of aryl methyl sites for hydroxylation is 1. The first kappa shape index (κ1) is 9.99. The number of rotatable bonds is 4. The van der Waals surface area contributed by atoms with E-state index in [-0.39, 0.29) is 12.2 Å². The summed E-state index contributed by atoms with van der Waals surface area (Å²) >= 11 is 0. The molecule has 72 valence electrons. The second-order valence-corrected chi connectivity index (χ2v) is 3.09. The first-order valence-corrected chi connectivity index (χ1v) is 4.53. The molecule has 1 aromatic rings. The van der Waals surface area contributed by atoms with Gasteiger partial charge in [0.1, 0.15) is 0 Å². The van der Waals surface area contributed by atoms with Gasteiger partial charge in [-0.25, -0.2) is 0 Å². The van der Waals surface area contributed by atoms with Gasteiger partial charge in [0.05, 0.1) is 0 Å². The van der Waals surface area contributed by atoms with E-state index in [0.29, 0.717) is 6.54 Å². The molecule has 0 atom stereocenters. The van der Waals surface area contributed by atoms with Crippen LogP contribution in [0, 0.1) is 6.92 Å². The molecule has 0 aliphatic rings. The van der Waals surface area contributed by atoms with Crippen molar-refractivity contribution >= 4 is 0 Å². The zero-order chi connectivity index (χ0) is 9.68. The number of hydrogen-bond donors (Lipinski definition) is 1. The lowest BCUT2D eigenvalue weighted by Crippen LogP contribution is -2.20. The number of nitrogens with zero attached hydrogens (tertiary/aromatic N) is 1. The lowest BCUT2D eigenvalue weighted by molar-refractivity contribution is 0.280. The largest absolute Gasteiger partial charge is 0.396 e. The number of aliphatic hydroxyl groups is 1. The quantitative estimate of drug-likeness (QED) is 0.702. The number of aromatic nitrogens is 1. The Bertz CT molecular complexity index is 317. The number of unbranched alkanes of at least 4 members (excludes halogenated alkanes) is 1. The second kappa shape index (κ2) is 4.82. The molecule has 0 unspecified atom stereocenters. The zero-order valence-corrected chi connectivity index (χ0v) is 7.86. The molecule has 0 aromatic carbocycles. The van der Waals surface area contributed by atoms with Gasteiger partial charge in [0, 0.05) is 24.9 Å². The average Bonchev–Trinajstić information content (AvgIpc) is 2.10. The lowest BCUT2D eigenvalue weighted by Gasteiger charge is -2.07. The van der Waals surface area contributed by atoms with Gasteiger partial charge in [0.15, 0.2) is 0 Å². The molecule has 1 heterocycles. The van der Waals surface area contributed by atoms with Crippen LogP contribution in [0.5, 0.6) is 0 Å². The van der Waals surface area contributed by atoms with E-state index in [9.17, 15) is 4.79 Å². The minimum absolute atomic E-state index is 0.0398. The van der Waals surface area contributed by atoms with Crippen LogP contribution in [0.3, 0.4) is 0 Å². The molecule has 3 heteroatoms. The van der Waals surface area contributed by atoms with Crippen LogP contribution in [0.4, 0.5) is 0 Å². The van der Waals surface area contributed by atoms with E-state index in [0.717, 1.165) is 18.5 Å². The van der Waals surface area contributed by atoms with Crippen molar-refractivity contribution in [3.63, 3.8) is 0 Å². The van der Waals surface area contributed by atoms with E-state index in [1.165, 1.54) is 0 Å². The highest BCUT2D eigenvalue weighted by Gasteiger charge is 1.97. The summed E-state index contributed by atoms with van der Waals surface area (Å²) in [4.78, 5) is 11.3. The Hall–Kier alpha value is -1.09. The van der Waals surface area contributed by atoms with E-state index in [2.05, 4.69) is 0 Å². The van der Waals surface area contributed by atoms with Crippen LogP contribution in [0.1, 0.15) is 18.5 Å². The number of aliphatic hydroxyl groups excluding tert-OH is 1. The second-order valence-electron chi connectivity index (χ2n) is 3.09. The van der Waals surface area contributed by atoms with Crippen LogP contribution in [0.25, 0.3) is 0 Å². The molecule has 1 aromatic heterocycles. The fourth-order valence-electron chi connectivity index (χ4n) is 1.29. The van der Waals surface area contributed by atoms with Gasteiger partial charge in [-0.15, -0.1) is 0 Å². The highest BCUT2D eigenvalue weighted by Crippen LogP contribution is 1.97. The third kappa shape index (κ3) is 2.70. The summed E-state index contributed by atoms with van der Waals surface area (Å²) in [7, 11) is 0. The van der Waals surface area contributed by atoms with Crippen molar-refractivity contribution in [2.45, 2.75) is 26.3 Å². The summed E-state index contributed by atoms with van der Waals surface area (Å²) in [5.74, 6) is 0. The molecule has 13 heavy (non-hydrogen) atoms. The van der Waals surface area contributed by atoms with Crippen LogP contribution >= 0.6 is 0 Å². The Morgan fingerprint density at radius 1 is 1.38 bits per heavy atom. The molecule has 0 spiro atoms. The van der Waals surface area contributed by atoms with Crippen molar-refractivity contribution in [3.8, 4) is 0 Å². The minimum atomic E-state index is 0.0398. The van der Waals surface area contributed by atoms with Crippen molar-refractivity contribution in [3.05, 3.63) is 34.2 Å². The Kier molecular flexibility index (Phi) is 3.71. The summed E-state index contributed by atoms with van der Waals surface area (Å²) in [5.41, 5.74) is 1.02. The molecule has 0 saturated carbocycles. The van der Waals surface area contributed by atoms with Gasteiger partial charge in [-0.1, -0.05) is 6.07 Å². The molecule has 1 rings (SSSR count). The van der Waals surface area contributed by atoms with E-state index >= 15 is 0 Å². The van der Waals surface area contributed by atoms with Gasteiger partial charge in [-0.2, -0.15) is 0 Å². The van der Waals surface area contributed by atoms with E-state index in [4.69, 9.17) is 5.11 Å². The fraction of sp³-hybridized carbons (Fsp3) is 0.500. The molecule has 0 bridgehead atoms. The first-order valence-electron chi connectivity index (χ1n) is 4.53. The van der Waals surface area contributed by atoms with Crippen molar-refractivity contribution in [1.29, 1.82) is 0 Å². The SMILES string of the molecule is Cc1cccc(=O)n1CCCCO. The summed E-state index contributed by atoms with van der Waals surface area (Å²) in [5, 5.41) is 8.60. The standard InChI is InChI=1S/C10H15NO2/c1-9-5-4-6-10(13)11(9)7-2-3-8-12/h4-6,12H,2-3,7-8H2,1H3. The maximum absolute atomic E-state index is 11.3. The monoisotopic (exact) mass is 181 g/mol. The summed E-state index contributed by atoms with van der Waals surface area (Å²) in [6.07, 6.45) is 1.60. The Morgan fingerprint density at radius 2 is 2.15 bits per heavy atom. The molecular weight excluding hydrogens is 166 g/mol. The van der Waals surface area contributed by atoms with E-state index in [1.807, 2.05) is 13.0 Å². The van der Waals surface area contributed by atoms with Gasteiger partial charge in [-0.05, 0) is 25.8 Å². The number of hydrogen-bond acceptors (Lipinski definition) is 2. The zero-order valence-electron chi connectivity index (χ0n) is 7.86. The molecule has 3 nitrogen and oxygen atoms in total. The maximum Gasteiger partial charge on any atom is 0.250 e. The maximum atomic E-state index is 11.3. The predicted octanol–water partition coefficient (Wildman–Crippen LogP) is 0.929. The molecule has 1 N–H and O–H groups in total. The summed E-state index contributed by atoms with van der Waals surface area (Å²) in [6, 6.07) is 5.24. The summed E-state index contributed by atoms with van der Waals surface area (Å²) < 4.78 is 1.73. The van der Waals surface area contributed by atoms with Gasteiger partial charge >= 0.3 is 0 Å². The van der Waals surface area contributed by atoms with Crippen LogP contribution in [0.2, 0.25) is 0 Å². The van der Waals surface area contributed by atoms with Crippen molar-refractivity contribution in [2.75, 3.05) is 6.61 Å². The molecule has 0 aliphatic heterocycles. The smallest absolute Gasteiger partial charge is 0.250 e. The van der Waals surface area contributed by atoms with E-state index in [1.54, 1.807) is 16.7 Å². The highest BCUT2D eigenvalue weighted by atomic mass is 16.2. The van der Waals surface area contributed by atoms with Crippen LogP contribution in [-0.2, 0) is 6.54 Å². The third-order valence-corrected chi connectivity index (χ3v) is 2.06. The molecule has 0 amide bonds. The predicted molar refractivity (Wildman–Crippen MR) is 51.8 cm³/mol. The molecule has 0 aliphatic carbocycles. The van der Waals surface area contributed by atoms with Crippen LogP contribution in [-0.4, -0.2) is 16.3 Å². The normalized spacial score (nSPS) is 10.3. The first-order chi connectivity index (χ1) is 6.25. The van der Waals surface area contributed by atoms with Gasteiger partial charge in [0.2, 0.25) is 0 Å². The van der Waals surface area contributed by atoms with E-state index < -0.39 is 0 Å². The third-order valence-electron chi connectivity index (χ3n) is 2.06. The average molecular weight is 181 g/mol. The fourth-order valence-corrected chi connectivity index (χ4v) is 1.29. The van der Waals surface area contributed by atoms with Crippen LogP contribution < -0.4 is 5.56 Å². The summed E-state index contributed by atoms with van der Waals surface area (Å²) in [6.45, 7) is 2.81. The molecule has 0 fully saturated rings.